The SMILES string of the molecule is CC(C)(C)OC(=O)N1C(C(=O)c2c[nH]c3ccccc23)COC1c1cccnc1. The van der Waals surface area contributed by atoms with E-state index in [1.807, 2.05) is 30.3 Å². The fraction of sp³-hybridized carbons (Fsp3) is 0.318. The number of ketones is 1. The average molecular weight is 393 g/mol. The number of fused-ring (bicyclic) bond motifs is 1. The Balaban J connectivity index is 1.71. The largest absolute Gasteiger partial charge is 0.444 e. The lowest BCUT2D eigenvalue weighted by Gasteiger charge is -2.30. The minimum Gasteiger partial charge on any atom is -0.444 e. The van der Waals surface area contributed by atoms with E-state index in [1.165, 1.54) is 4.90 Å². The van der Waals surface area contributed by atoms with Crippen molar-refractivity contribution in [3.63, 3.8) is 0 Å². The zero-order valence-corrected chi connectivity index (χ0v) is 16.6. The number of Topliss-reactive ketones (excluding diaryl/α,β-unsaturated/α-hetero) is 1. The van der Waals surface area contributed by atoms with Crippen LogP contribution in [0, 0.1) is 0 Å². The van der Waals surface area contributed by atoms with Crippen LogP contribution in [0.15, 0.2) is 55.0 Å². The van der Waals surface area contributed by atoms with E-state index in [-0.39, 0.29) is 12.4 Å². The quantitative estimate of drug-likeness (QED) is 0.678. The summed E-state index contributed by atoms with van der Waals surface area (Å²) < 4.78 is 11.5. The second-order valence-corrected chi connectivity index (χ2v) is 7.99. The fourth-order valence-corrected chi connectivity index (χ4v) is 3.48. The Labute approximate surface area is 168 Å². The number of para-hydroxylation sites is 1. The smallest absolute Gasteiger partial charge is 0.413 e. The summed E-state index contributed by atoms with van der Waals surface area (Å²) in [6.07, 6.45) is 3.61. The highest BCUT2D eigenvalue weighted by atomic mass is 16.6. The molecule has 1 saturated heterocycles. The number of nitrogens with one attached hydrogen (secondary N) is 1. The maximum absolute atomic E-state index is 13.4. The lowest BCUT2D eigenvalue weighted by atomic mass is 10.0. The van der Waals surface area contributed by atoms with E-state index in [1.54, 1.807) is 45.4 Å². The van der Waals surface area contributed by atoms with Gasteiger partial charge in [-0.25, -0.2) is 4.79 Å². The number of hydrogen-bond acceptors (Lipinski definition) is 5. The van der Waals surface area contributed by atoms with Crippen LogP contribution in [-0.4, -0.2) is 45.0 Å². The second-order valence-electron chi connectivity index (χ2n) is 7.99. The van der Waals surface area contributed by atoms with Gasteiger partial charge in [0.2, 0.25) is 0 Å². The van der Waals surface area contributed by atoms with Crippen molar-refractivity contribution in [2.45, 2.75) is 38.6 Å². The molecule has 2 aromatic heterocycles. The summed E-state index contributed by atoms with van der Waals surface area (Å²) in [4.78, 5) is 35.1. The zero-order chi connectivity index (χ0) is 20.6. The molecular formula is C22H23N3O4. The third-order valence-corrected chi connectivity index (χ3v) is 4.73. The van der Waals surface area contributed by atoms with E-state index < -0.39 is 24.0 Å². The molecule has 0 bridgehead atoms. The summed E-state index contributed by atoms with van der Waals surface area (Å²) in [5.41, 5.74) is 1.37. The van der Waals surface area contributed by atoms with Gasteiger partial charge in [-0.1, -0.05) is 24.3 Å². The molecule has 3 aromatic rings. The molecule has 29 heavy (non-hydrogen) atoms. The van der Waals surface area contributed by atoms with Crippen LogP contribution in [0.1, 0.15) is 42.9 Å². The highest BCUT2D eigenvalue weighted by Gasteiger charge is 2.45. The average Bonchev–Trinajstić information content (AvgIpc) is 3.31. The van der Waals surface area contributed by atoms with E-state index in [4.69, 9.17) is 9.47 Å². The van der Waals surface area contributed by atoms with E-state index >= 15 is 0 Å². The topological polar surface area (TPSA) is 84.5 Å². The minimum absolute atomic E-state index is 0.0805. The van der Waals surface area contributed by atoms with Crippen molar-refractivity contribution < 1.29 is 19.1 Å². The first kappa shape index (κ1) is 19.1. The van der Waals surface area contributed by atoms with Crippen LogP contribution >= 0.6 is 0 Å². The number of aromatic amines is 1. The molecule has 0 radical (unpaired) electrons. The Morgan fingerprint density at radius 1 is 1.21 bits per heavy atom. The molecule has 1 fully saturated rings. The van der Waals surface area contributed by atoms with Crippen LogP contribution in [0.2, 0.25) is 0 Å². The maximum atomic E-state index is 13.4. The van der Waals surface area contributed by atoms with Crippen LogP contribution in [-0.2, 0) is 9.47 Å². The lowest BCUT2D eigenvalue weighted by molar-refractivity contribution is -0.0135. The third kappa shape index (κ3) is 3.73. The van der Waals surface area contributed by atoms with E-state index in [9.17, 15) is 9.59 Å². The number of carbonyl (C=O) groups excluding carboxylic acids is 2. The molecule has 1 amide bonds. The number of pyridine rings is 1. The molecule has 0 saturated carbocycles. The number of hydrogen-bond donors (Lipinski definition) is 1. The molecular weight excluding hydrogens is 370 g/mol. The van der Waals surface area contributed by atoms with Crippen LogP contribution in [0.3, 0.4) is 0 Å². The maximum Gasteiger partial charge on any atom is 0.413 e. The summed E-state index contributed by atoms with van der Waals surface area (Å²) in [7, 11) is 0. The van der Waals surface area contributed by atoms with Crippen LogP contribution in [0.4, 0.5) is 4.79 Å². The molecule has 2 atom stereocenters. The Morgan fingerprint density at radius 2 is 2.00 bits per heavy atom. The molecule has 1 aromatic carbocycles. The van der Waals surface area contributed by atoms with E-state index in [0.29, 0.717) is 11.1 Å². The highest BCUT2D eigenvalue weighted by molar-refractivity contribution is 6.11. The first-order chi connectivity index (χ1) is 13.8. The third-order valence-electron chi connectivity index (χ3n) is 4.73. The summed E-state index contributed by atoms with van der Waals surface area (Å²) in [5, 5.41) is 0.812. The van der Waals surface area contributed by atoms with Gasteiger partial charge >= 0.3 is 6.09 Å². The Morgan fingerprint density at radius 3 is 2.72 bits per heavy atom. The van der Waals surface area contributed by atoms with Crippen molar-refractivity contribution >= 4 is 22.8 Å². The van der Waals surface area contributed by atoms with Gasteiger partial charge in [-0.2, -0.15) is 0 Å². The molecule has 0 spiro atoms. The first-order valence-electron chi connectivity index (χ1n) is 9.48. The van der Waals surface area contributed by atoms with Gasteiger partial charge < -0.3 is 14.5 Å². The van der Waals surface area contributed by atoms with Gasteiger partial charge in [-0.15, -0.1) is 0 Å². The van der Waals surface area contributed by atoms with Gasteiger partial charge in [0.25, 0.3) is 0 Å². The van der Waals surface area contributed by atoms with Gasteiger partial charge in [-0.3, -0.25) is 14.7 Å². The molecule has 1 aliphatic heterocycles. The van der Waals surface area contributed by atoms with E-state index in [0.717, 1.165) is 10.9 Å². The molecule has 4 rings (SSSR count). The number of aromatic nitrogens is 2. The van der Waals surface area contributed by atoms with Gasteiger partial charge in [0.1, 0.15) is 11.6 Å². The summed E-state index contributed by atoms with van der Waals surface area (Å²) in [6.45, 7) is 5.45. The zero-order valence-electron chi connectivity index (χ0n) is 16.6. The van der Waals surface area contributed by atoms with Crippen LogP contribution in [0.25, 0.3) is 10.9 Å². The highest BCUT2D eigenvalue weighted by Crippen LogP contribution is 2.34. The number of benzene rings is 1. The molecule has 1 aliphatic rings. The number of H-pyrrole nitrogens is 1. The van der Waals surface area contributed by atoms with Gasteiger partial charge in [0.05, 0.1) is 6.61 Å². The molecule has 3 heterocycles. The van der Waals surface area contributed by atoms with Crippen molar-refractivity contribution in [2.24, 2.45) is 0 Å². The van der Waals surface area contributed by atoms with Crippen molar-refractivity contribution in [1.29, 1.82) is 0 Å². The summed E-state index contributed by atoms with van der Waals surface area (Å²) in [5.74, 6) is -0.195. The lowest BCUT2D eigenvalue weighted by Crippen LogP contribution is -2.45. The summed E-state index contributed by atoms with van der Waals surface area (Å²) in [6, 6.07) is 10.3. The normalized spacial score (nSPS) is 19.5. The monoisotopic (exact) mass is 393 g/mol. The van der Waals surface area contributed by atoms with Crippen LogP contribution in [0.5, 0.6) is 0 Å². The van der Waals surface area contributed by atoms with Crippen molar-refractivity contribution in [3.05, 3.63) is 66.1 Å². The number of nitrogens with zero attached hydrogens (tertiary/aromatic N) is 2. The first-order valence-corrected chi connectivity index (χ1v) is 9.48. The minimum atomic E-state index is -0.797. The fourth-order valence-electron chi connectivity index (χ4n) is 3.48. The Kier molecular flexibility index (Phi) is 4.84. The summed E-state index contributed by atoms with van der Waals surface area (Å²) >= 11 is 0. The number of carbonyl (C=O) groups is 2. The van der Waals surface area contributed by atoms with Crippen molar-refractivity contribution in [3.8, 4) is 0 Å². The Bertz CT molecular complexity index is 1040. The Hall–Kier alpha value is -3.19. The molecule has 1 N–H and O–H groups in total. The van der Waals surface area contributed by atoms with E-state index in [2.05, 4.69) is 9.97 Å². The van der Waals surface area contributed by atoms with Gasteiger partial charge in [0.15, 0.2) is 12.0 Å². The van der Waals surface area contributed by atoms with Crippen molar-refractivity contribution in [1.82, 2.24) is 14.9 Å². The second kappa shape index (κ2) is 7.33. The van der Waals surface area contributed by atoms with Crippen LogP contribution < -0.4 is 0 Å². The molecule has 7 nitrogen and oxygen atoms in total. The number of amides is 1. The molecule has 150 valence electrons. The van der Waals surface area contributed by atoms with Crippen molar-refractivity contribution in [2.75, 3.05) is 6.61 Å². The molecule has 7 heteroatoms. The standard InChI is InChI=1S/C22H23N3O4/c1-22(2,3)29-21(27)25-18(13-28-20(25)14-7-6-10-23-11-14)19(26)16-12-24-17-9-5-4-8-15(16)17/h4-12,18,20,24H,13H2,1-3H3. The predicted molar refractivity (Wildman–Crippen MR) is 107 cm³/mol. The molecule has 2 unspecified atom stereocenters. The number of rotatable bonds is 3. The number of ether oxygens (including phenoxy) is 2. The molecule has 0 aliphatic carbocycles. The van der Waals surface area contributed by atoms with Gasteiger partial charge in [0, 0.05) is 40.6 Å². The predicted octanol–water partition coefficient (Wildman–Crippen LogP) is 4.08. The van der Waals surface area contributed by atoms with Gasteiger partial charge in [-0.05, 0) is 32.9 Å².